The summed E-state index contributed by atoms with van der Waals surface area (Å²) in [6.07, 6.45) is 1.27. The van der Waals surface area contributed by atoms with Gasteiger partial charge in [-0.1, -0.05) is 19.3 Å². The van der Waals surface area contributed by atoms with Gasteiger partial charge in [-0.05, 0) is 12.8 Å². The maximum absolute atomic E-state index is 12.8. The van der Waals surface area contributed by atoms with Gasteiger partial charge in [0.1, 0.15) is 0 Å². The topological polar surface area (TPSA) is 9.23 Å². The molecular formula is C8H15F3O. The van der Waals surface area contributed by atoms with Crippen molar-refractivity contribution in [2.75, 3.05) is 7.11 Å². The molecule has 0 spiro atoms. The standard InChI is InChI=1S/C8H14F2O.FH/c1-11-8(9,10)7-5-3-2-4-6-7;/h7H,2-6H2,1H3;1H. The summed E-state index contributed by atoms with van der Waals surface area (Å²) in [5, 5.41) is 0. The fraction of sp³-hybridized carbons (Fsp3) is 1.00. The van der Waals surface area contributed by atoms with Crippen LogP contribution < -0.4 is 0 Å². The van der Waals surface area contributed by atoms with Crippen LogP contribution in [0.4, 0.5) is 13.5 Å². The zero-order chi connectivity index (χ0) is 8.32. The molecule has 0 atom stereocenters. The zero-order valence-electron chi connectivity index (χ0n) is 7.19. The Morgan fingerprint density at radius 3 is 2.08 bits per heavy atom. The first-order valence-electron chi connectivity index (χ1n) is 4.10. The third kappa shape index (κ3) is 2.66. The number of ether oxygens (including phenoxy) is 1. The van der Waals surface area contributed by atoms with E-state index in [1.165, 1.54) is 0 Å². The largest absolute Gasteiger partial charge is 0.358 e. The van der Waals surface area contributed by atoms with Crippen molar-refractivity contribution in [2.45, 2.75) is 38.2 Å². The predicted molar refractivity (Wildman–Crippen MR) is 41.0 cm³/mol. The van der Waals surface area contributed by atoms with Crippen molar-refractivity contribution in [1.29, 1.82) is 0 Å². The molecule has 1 nitrogen and oxygen atoms in total. The van der Waals surface area contributed by atoms with Gasteiger partial charge in [-0.25, -0.2) is 0 Å². The molecule has 4 heteroatoms. The molecule has 0 aromatic carbocycles. The average Bonchev–Trinajstić information content (AvgIpc) is 2.06. The first-order chi connectivity index (χ1) is 5.17. The molecule has 0 N–H and O–H groups in total. The number of rotatable bonds is 2. The van der Waals surface area contributed by atoms with Crippen molar-refractivity contribution >= 4 is 0 Å². The molecule has 0 saturated heterocycles. The molecule has 0 radical (unpaired) electrons. The van der Waals surface area contributed by atoms with Gasteiger partial charge in [0.2, 0.25) is 0 Å². The van der Waals surface area contributed by atoms with E-state index in [0.29, 0.717) is 12.8 Å². The van der Waals surface area contributed by atoms with Gasteiger partial charge in [-0.3, -0.25) is 4.70 Å². The molecule has 0 aromatic rings. The first-order valence-corrected chi connectivity index (χ1v) is 4.10. The predicted octanol–water partition coefficient (Wildman–Crippen LogP) is 2.96. The van der Waals surface area contributed by atoms with E-state index in [1.54, 1.807) is 0 Å². The lowest BCUT2D eigenvalue weighted by Crippen LogP contribution is -2.31. The Morgan fingerprint density at radius 2 is 1.67 bits per heavy atom. The Kier molecular flexibility index (Phi) is 4.60. The highest BCUT2D eigenvalue weighted by atomic mass is 19.3. The van der Waals surface area contributed by atoms with Gasteiger partial charge in [-0.15, -0.1) is 0 Å². The molecule has 0 heterocycles. The Balaban J connectivity index is 0.00000121. The quantitative estimate of drug-likeness (QED) is 0.641. The van der Waals surface area contributed by atoms with E-state index in [4.69, 9.17) is 0 Å². The summed E-state index contributed by atoms with van der Waals surface area (Å²) < 4.78 is 29.8. The minimum Gasteiger partial charge on any atom is -0.324 e. The molecule has 0 bridgehead atoms. The van der Waals surface area contributed by atoms with Gasteiger partial charge >= 0.3 is 6.11 Å². The number of halogens is 3. The molecule has 1 fully saturated rings. The number of hydrogen-bond acceptors (Lipinski definition) is 1. The van der Waals surface area contributed by atoms with E-state index in [1.807, 2.05) is 0 Å². The molecule has 0 amide bonds. The van der Waals surface area contributed by atoms with Crippen molar-refractivity contribution in [3.8, 4) is 0 Å². The van der Waals surface area contributed by atoms with Crippen molar-refractivity contribution in [3.05, 3.63) is 0 Å². The second kappa shape index (κ2) is 4.70. The molecule has 74 valence electrons. The maximum Gasteiger partial charge on any atom is 0.358 e. The van der Waals surface area contributed by atoms with Crippen LogP contribution in [0.15, 0.2) is 0 Å². The van der Waals surface area contributed by atoms with Gasteiger partial charge in [0, 0.05) is 7.11 Å². The second-order valence-corrected chi connectivity index (χ2v) is 3.10. The van der Waals surface area contributed by atoms with Crippen molar-refractivity contribution in [3.63, 3.8) is 0 Å². The van der Waals surface area contributed by atoms with Crippen LogP contribution in [0.1, 0.15) is 32.1 Å². The van der Waals surface area contributed by atoms with Gasteiger partial charge in [0.05, 0.1) is 5.92 Å². The average molecular weight is 184 g/mol. The lowest BCUT2D eigenvalue weighted by Gasteiger charge is -2.28. The number of methoxy groups -OCH3 is 1. The van der Waals surface area contributed by atoms with Crippen LogP contribution in [0.3, 0.4) is 0 Å². The smallest absolute Gasteiger partial charge is 0.324 e. The summed E-state index contributed by atoms with van der Waals surface area (Å²) in [7, 11) is 1.08. The number of alkyl halides is 2. The highest BCUT2D eigenvalue weighted by Crippen LogP contribution is 2.36. The fourth-order valence-corrected chi connectivity index (χ4v) is 1.61. The Labute approximate surface area is 70.5 Å². The van der Waals surface area contributed by atoms with Crippen LogP contribution in [-0.4, -0.2) is 13.2 Å². The zero-order valence-corrected chi connectivity index (χ0v) is 7.19. The van der Waals surface area contributed by atoms with Crippen LogP contribution >= 0.6 is 0 Å². The normalized spacial score (nSPS) is 20.2. The molecule has 1 rings (SSSR count). The first kappa shape index (κ1) is 11.8. The van der Waals surface area contributed by atoms with Crippen molar-refractivity contribution in [2.24, 2.45) is 5.92 Å². The molecule has 12 heavy (non-hydrogen) atoms. The minimum absolute atomic E-state index is 0. The summed E-state index contributed by atoms with van der Waals surface area (Å²) in [6.45, 7) is 0. The van der Waals surface area contributed by atoms with E-state index >= 15 is 0 Å². The van der Waals surface area contributed by atoms with Crippen LogP contribution in [0.2, 0.25) is 0 Å². The van der Waals surface area contributed by atoms with E-state index in [0.717, 1.165) is 26.4 Å². The second-order valence-electron chi connectivity index (χ2n) is 3.10. The van der Waals surface area contributed by atoms with Crippen LogP contribution in [0.5, 0.6) is 0 Å². The minimum atomic E-state index is -2.89. The van der Waals surface area contributed by atoms with Crippen LogP contribution in [0, 0.1) is 5.92 Å². The third-order valence-corrected chi connectivity index (χ3v) is 2.35. The summed E-state index contributed by atoms with van der Waals surface area (Å²) in [5.41, 5.74) is 0. The van der Waals surface area contributed by atoms with Crippen LogP contribution in [-0.2, 0) is 4.74 Å². The van der Waals surface area contributed by atoms with E-state index in [9.17, 15) is 8.78 Å². The molecule has 0 aromatic heterocycles. The van der Waals surface area contributed by atoms with Gasteiger partial charge in [0.25, 0.3) is 0 Å². The monoisotopic (exact) mass is 184 g/mol. The van der Waals surface area contributed by atoms with Crippen molar-refractivity contribution in [1.82, 2.24) is 0 Å². The highest BCUT2D eigenvalue weighted by Gasteiger charge is 2.39. The maximum atomic E-state index is 12.8. The fourth-order valence-electron chi connectivity index (χ4n) is 1.61. The SMILES string of the molecule is COC(F)(F)C1CCCCC1.F. The Bertz CT molecular complexity index is 121. The van der Waals surface area contributed by atoms with Gasteiger partial charge < -0.3 is 4.74 Å². The molecule has 0 aliphatic heterocycles. The lowest BCUT2D eigenvalue weighted by atomic mass is 9.88. The molecule has 0 unspecified atom stereocenters. The van der Waals surface area contributed by atoms with Gasteiger partial charge in [0.15, 0.2) is 0 Å². The highest BCUT2D eigenvalue weighted by molar-refractivity contribution is 4.72. The van der Waals surface area contributed by atoms with Crippen LogP contribution in [0.25, 0.3) is 0 Å². The summed E-state index contributed by atoms with van der Waals surface area (Å²) in [4.78, 5) is 0. The summed E-state index contributed by atoms with van der Waals surface area (Å²) in [6, 6.07) is 0. The van der Waals surface area contributed by atoms with Crippen molar-refractivity contribution < 1.29 is 18.2 Å². The lowest BCUT2D eigenvalue weighted by molar-refractivity contribution is -0.261. The molecular weight excluding hydrogens is 169 g/mol. The third-order valence-electron chi connectivity index (χ3n) is 2.35. The molecule has 1 saturated carbocycles. The summed E-state index contributed by atoms with van der Waals surface area (Å²) >= 11 is 0. The summed E-state index contributed by atoms with van der Waals surface area (Å²) in [5.74, 6) is -0.541. The Hall–Kier alpha value is -0.250. The van der Waals surface area contributed by atoms with E-state index in [2.05, 4.69) is 4.74 Å². The van der Waals surface area contributed by atoms with Gasteiger partial charge in [-0.2, -0.15) is 8.78 Å². The van der Waals surface area contributed by atoms with E-state index < -0.39 is 12.0 Å². The Morgan fingerprint density at radius 1 is 1.17 bits per heavy atom. The number of hydrogen-bond donors (Lipinski definition) is 0. The van der Waals surface area contributed by atoms with E-state index in [-0.39, 0.29) is 4.70 Å². The molecule has 1 aliphatic carbocycles. The molecule has 1 aliphatic rings.